The third-order valence-electron chi connectivity index (χ3n) is 1.89. The monoisotopic (exact) mass is 270 g/mol. The van der Waals surface area contributed by atoms with Crippen molar-refractivity contribution in [3.8, 4) is 6.07 Å². The van der Waals surface area contributed by atoms with Crippen LogP contribution in [0.4, 0.5) is 0 Å². The van der Waals surface area contributed by atoms with Crippen LogP contribution in [0.2, 0.25) is 0 Å². The third kappa shape index (κ3) is 3.10. The van der Waals surface area contributed by atoms with Crippen molar-refractivity contribution >= 4 is 21.8 Å². The number of carbonyl (C=O) groups excluding carboxylic acids is 1. The van der Waals surface area contributed by atoms with Gasteiger partial charge in [0.1, 0.15) is 6.04 Å². The minimum absolute atomic E-state index is 0.0670. The summed E-state index contributed by atoms with van der Waals surface area (Å²) in [7, 11) is 0. The molecule has 1 unspecified atom stereocenters. The third-order valence-corrected chi connectivity index (χ3v) is 2.32. The summed E-state index contributed by atoms with van der Waals surface area (Å²) in [5, 5.41) is 11.4. The van der Waals surface area contributed by atoms with Gasteiger partial charge in [-0.05, 0) is 34.0 Å². The molecule has 1 aromatic heterocycles. The fourth-order valence-electron chi connectivity index (χ4n) is 0.997. The van der Waals surface area contributed by atoms with Crippen LogP contribution < -0.4 is 5.32 Å². The molecule has 5 heteroatoms. The van der Waals surface area contributed by atoms with Crippen molar-refractivity contribution in [2.75, 3.05) is 0 Å². The van der Waals surface area contributed by atoms with Gasteiger partial charge in [-0.3, -0.25) is 4.79 Å². The highest BCUT2D eigenvalue weighted by molar-refractivity contribution is 9.10. The van der Waals surface area contributed by atoms with E-state index < -0.39 is 6.04 Å². The largest absolute Gasteiger partial charge is 0.444 e. The molecule has 1 N–H and O–H groups in total. The lowest BCUT2D eigenvalue weighted by molar-refractivity contribution is 0.0908. The van der Waals surface area contributed by atoms with E-state index in [4.69, 9.17) is 9.68 Å². The Hall–Kier alpha value is -1.28. The van der Waals surface area contributed by atoms with E-state index in [1.807, 2.05) is 19.9 Å². The molecule has 0 saturated carbocycles. The number of hydrogen-bond donors (Lipinski definition) is 1. The SMILES string of the molecule is CC(C)C(C#N)NC(=O)c1ccc(Br)o1. The van der Waals surface area contributed by atoms with Crippen LogP contribution in [0.15, 0.2) is 21.2 Å². The first-order valence-electron chi connectivity index (χ1n) is 4.50. The lowest BCUT2D eigenvalue weighted by atomic mass is 10.1. The molecule has 0 aliphatic heterocycles. The van der Waals surface area contributed by atoms with Gasteiger partial charge in [0.25, 0.3) is 5.91 Å². The number of hydrogen-bond acceptors (Lipinski definition) is 3. The number of carbonyl (C=O) groups is 1. The summed E-state index contributed by atoms with van der Waals surface area (Å²) in [6, 6.07) is 4.71. The maximum atomic E-state index is 11.6. The first-order valence-corrected chi connectivity index (χ1v) is 5.29. The van der Waals surface area contributed by atoms with Crippen molar-refractivity contribution in [1.29, 1.82) is 5.26 Å². The normalized spacial score (nSPS) is 12.2. The van der Waals surface area contributed by atoms with E-state index in [-0.39, 0.29) is 17.6 Å². The van der Waals surface area contributed by atoms with E-state index >= 15 is 0 Å². The average Bonchev–Trinajstić information content (AvgIpc) is 2.60. The Labute approximate surface area is 96.4 Å². The second-order valence-electron chi connectivity index (χ2n) is 3.43. The Kier molecular flexibility index (Phi) is 3.92. The maximum Gasteiger partial charge on any atom is 0.288 e. The zero-order chi connectivity index (χ0) is 11.4. The Morgan fingerprint density at radius 2 is 2.27 bits per heavy atom. The van der Waals surface area contributed by atoms with Gasteiger partial charge in [-0.2, -0.15) is 5.26 Å². The first kappa shape index (κ1) is 11.8. The molecule has 0 saturated heterocycles. The lowest BCUT2D eigenvalue weighted by Gasteiger charge is -2.13. The summed E-state index contributed by atoms with van der Waals surface area (Å²) in [5.41, 5.74) is 0. The van der Waals surface area contributed by atoms with Crippen molar-refractivity contribution in [3.05, 3.63) is 22.6 Å². The van der Waals surface area contributed by atoms with Crippen LogP contribution in [-0.4, -0.2) is 11.9 Å². The summed E-state index contributed by atoms with van der Waals surface area (Å²) < 4.78 is 5.56. The van der Waals surface area contributed by atoms with Gasteiger partial charge in [-0.1, -0.05) is 13.8 Å². The summed E-state index contributed by atoms with van der Waals surface area (Å²) in [5.74, 6) is -0.110. The van der Waals surface area contributed by atoms with E-state index in [0.717, 1.165) is 0 Å². The molecule has 1 amide bonds. The molecule has 0 fully saturated rings. The van der Waals surface area contributed by atoms with Crippen molar-refractivity contribution in [2.45, 2.75) is 19.9 Å². The molecule has 1 aromatic rings. The molecule has 4 nitrogen and oxygen atoms in total. The highest BCUT2D eigenvalue weighted by Gasteiger charge is 2.18. The number of halogens is 1. The predicted molar refractivity (Wildman–Crippen MR) is 58.1 cm³/mol. The number of nitriles is 1. The molecular weight excluding hydrogens is 260 g/mol. The Morgan fingerprint density at radius 3 is 2.67 bits per heavy atom. The molecule has 1 heterocycles. The van der Waals surface area contributed by atoms with E-state index in [9.17, 15) is 4.79 Å². The van der Waals surface area contributed by atoms with Crippen molar-refractivity contribution in [1.82, 2.24) is 5.32 Å². The number of amides is 1. The number of nitrogens with zero attached hydrogens (tertiary/aromatic N) is 1. The molecule has 80 valence electrons. The number of rotatable bonds is 3. The van der Waals surface area contributed by atoms with Crippen molar-refractivity contribution in [3.63, 3.8) is 0 Å². The molecule has 1 atom stereocenters. The van der Waals surface area contributed by atoms with Crippen molar-refractivity contribution < 1.29 is 9.21 Å². The topological polar surface area (TPSA) is 66.0 Å². The minimum atomic E-state index is -0.499. The van der Waals surface area contributed by atoms with E-state index in [2.05, 4.69) is 21.2 Å². The fourth-order valence-corrected chi connectivity index (χ4v) is 1.30. The van der Waals surface area contributed by atoms with Crippen LogP contribution in [0.25, 0.3) is 0 Å². The highest BCUT2D eigenvalue weighted by atomic mass is 79.9. The highest BCUT2D eigenvalue weighted by Crippen LogP contribution is 2.14. The molecule has 0 spiro atoms. The molecule has 0 aliphatic carbocycles. The summed E-state index contributed by atoms with van der Waals surface area (Å²) >= 11 is 3.10. The van der Waals surface area contributed by atoms with Gasteiger partial charge < -0.3 is 9.73 Å². The zero-order valence-corrected chi connectivity index (χ0v) is 10.0. The molecular formula is C10H11BrN2O2. The van der Waals surface area contributed by atoms with E-state index in [1.165, 1.54) is 0 Å². The van der Waals surface area contributed by atoms with Crippen LogP contribution in [0, 0.1) is 17.2 Å². The van der Waals surface area contributed by atoms with E-state index in [0.29, 0.717) is 4.67 Å². The molecule has 15 heavy (non-hydrogen) atoms. The predicted octanol–water partition coefficient (Wildman–Crippen LogP) is 2.32. The van der Waals surface area contributed by atoms with E-state index in [1.54, 1.807) is 12.1 Å². The molecule has 1 rings (SSSR count). The molecule has 0 radical (unpaired) electrons. The van der Waals surface area contributed by atoms with Crippen LogP contribution in [0.1, 0.15) is 24.4 Å². The molecule has 0 aliphatic rings. The summed E-state index contributed by atoms with van der Waals surface area (Å²) in [4.78, 5) is 11.6. The van der Waals surface area contributed by atoms with Crippen molar-refractivity contribution in [2.24, 2.45) is 5.92 Å². The lowest BCUT2D eigenvalue weighted by Crippen LogP contribution is -2.37. The van der Waals surface area contributed by atoms with Crippen LogP contribution >= 0.6 is 15.9 Å². The average molecular weight is 271 g/mol. The second-order valence-corrected chi connectivity index (χ2v) is 4.21. The van der Waals surface area contributed by atoms with Gasteiger partial charge in [0.15, 0.2) is 10.4 Å². The molecule has 0 bridgehead atoms. The minimum Gasteiger partial charge on any atom is -0.444 e. The van der Waals surface area contributed by atoms with Gasteiger partial charge in [-0.25, -0.2) is 0 Å². The first-order chi connectivity index (χ1) is 7.04. The zero-order valence-electron chi connectivity index (χ0n) is 8.45. The van der Waals surface area contributed by atoms with Gasteiger partial charge in [0.2, 0.25) is 0 Å². The number of furan rings is 1. The number of nitrogens with one attached hydrogen (secondary N) is 1. The van der Waals surface area contributed by atoms with Gasteiger partial charge in [0, 0.05) is 0 Å². The Morgan fingerprint density at radius 1 is 1.60 bits per heavy atom. The maximum absolute atomic E-state index is 11.6. The smallest absolute Gasteiger partial charge is 0.288 e. The van der Waals surface area contributed by atoms with Gasteiger partial charge in [-0.15, -0.1) is 0 Å². The van der Waals surface area contributed by atoms with Gasteiger partial charge in [0.05, 0.1) is 6.07 Å². The Balaban J connectivity index is 2.68. The fraction of sp³-hybridized carbons (Fsp3) is 0.400. The standard InChI is InChI=1S/C10H11BrN2O2/c1-6(2)7(5-12)13-10(14)8-3-4-9(11)15-8/h3-4,6-7H,1-2H3,(H,13,14). The quantitative estimate of drug-likeness (QED) is 0.917. The second kappa shape index (κ2) is 4.99. The van der Waals surface area contributed by atoms with Crippen LogP contribution in [0.5, 0.6) is 0 Å². The summed E-state index contributed by atoms with van der Waals surface area (Å²) in [6.07, 6.45) is 0. The van der Waals surface area contributed by atoms with Gasteiger partial charge >= 0.3 is 0 Å². The Bertz CT molecular complexity index is 392. The molecule has 0 aromatic carbocycles. The van der Waals surface area contributed by atoms with Crippen LogP contribution in [0.3, 0.4) is 0 Å². The summed E-state index contributed by atoms with van der Waals surface area (Å²) in [6.45, 7) is 3.73. The van der Waals surface area contributed by atoms with Crippen LogP contribution in [-0.2, 0) is 0 Å².